The molecule has 0 saturated carbocycles. The van der Waals surface area contributed by atoms with Crippen LogP contribution in [-0.4, -0.2) is 5.94 Å². The average Bonchev–Trinajstić information content (AvgIpc) is 2.66. The van der Waals surface area contributed by atoms with Gasteiger partial charge in [-0.1, -0.05) is 66.7 Å². The van der Waals surface area contributed by atoms with Crippen LogP contribution >= 0.6 is 0 Å². The molecule has 0 heterocycles. The van der Waals surface area contributed by atoms with Crippen molar-refractivity contribution < 1.29 is 4.79 Å². The Morgan fingerprint density at radius 3 is 2.56 bits per heavy atom. The van der Waals surface area contributed by atoms with E-state index in [0.29, 0.717) is 5.57 Å². The molecule has 0 unspecified atom stereocenters. The zero-order valence-electron chi connectivity index (χ0n) is 14.1. The lowest BCUT2D eigenvalue weighted by molar-refractivity contribution is 0.569. The van der Waals surface area contributed by atoms with Crippen molar-refractivity contribution in [3.05, 3.63) is 101 Å². The van der Waals surface area contributed by atoms with Crippen molar-refractivity contribution >= 4 is 28.4 Å². The van der Waals surface area contributed by atoms with Gasteiger partial charge in [0.25, 0.3) is 0 Å². The van der Waals surface area contributed by atoms with Crippen LogP contribution in [0.5, 0.6) is 0 Å². The van der Waals surface area contributed by atoms with Crippen LogP contribution in [0.15, 0.2) is 84.0 Å². The van der Waals surface area contributed by atoms with E-state index in [1.165, 1.54) is 27.7 Å². The van der Waals surface area contributed by atoms with E-state index in [-0.39, 0.29) is 0 Å². The molecule has 0 atom stereocenters. The van der Waals surface area contributed by atoms with Gasteiger partial charge in [-0.2, -0.15) is 0 Å². The summed E-state index contributed by atoms with van der Waals surface area (Å²) in [5.41, 5.74) is 6.45. The summed E-state index contributed by atoms with van der Waals surface area (Å²) < 4.78 is 0. The van der Waals surface area contributed by atoms with Crippen LogP contribution in [-0.2, 0) is 11.2 Å². The van der Waals surface area contributed by atoms with Crippen molar-refractivity contribution in [1.29, 1.82) is 0 Å². The van der Waals surface area contributed by atoms with Crippen molar-refractivity contribution in [1.82, 2.24) is 0 Å². The first-order valence-corrected chi connectivity index (χ1v) is 8.46. The van der Waals surface area contributed by atoms with Crippen LogP contribution in [0.25, 0.3) is 22.4 Å². The third-order valence-corrected chi connectivity index (χ3v) is 4.80. The number of hydrogen-bond donors (Lipinski definition) is 0. The number of allylic oxidation sites excluding steroid dienone is 4. The normalized spacial score (nSPS) is 14.8. The standard InChI is InChI=1S/C24H18O/c1-17-12-19-7-4-5-9-21(19)14-23(17)15-24(16-25)22-11-10-18-6-2-3-8-20(18)13-22/h2-13,15H,14H2,1H3. The third-order valence-electron chi connectivity index (χ3n) is 4.80. The maximum absolute atomic E-state index is 11.6. The van der Waals surface area contributed by atoms with Crippen molar-refractivity contribution in [2.45, 2.75) is 13.3 Å². The van der Waals surface area contributed by atoms with Gasteiger partial charge in [0, 0.05) is 0 Å². The molecule has 0 aliphatic heterocycles. The van der Waals surface area contributed by atoms with Crippen LogP contribution in [0.4, 0.5) is 0 Å². The largest absolute Gasteiger partial charge is 0.233 e. The highest BCUT2D eigenvalue weighted by atomic mass is 16.1. The third kappa shape index (κ3) is 2.98. The molecule has 0 fully saturated rings. The predicted molar refractivity (Wildman–Crippen MR) is 105 cm³/mol. The maximum Gasteiger partial charge on any atom is 0.133 e. The predicted octanol–water partition coefficient (Wildman–Crippen LogP) is 5.64. The molecule has 1 aliphatic carbocycles. The summed E-state index contributed by atoms with van der Waals surface area (Å²) in [6.45, 7) is 2.10. The summed E-state index contributed by atoms with van der Waals surface area (Å²) in [5, 5.41) is 2.30. The summed E-state index contributed by atoms with van der Waals surface area (Å²) in [5.74, 6) is 2.14. The number of hydrogen-bond acceptors (Lipinski definition) is 1. The van der Waals surface area contributed by atoms with E-state index >= 15 is 0 Å². The number of benzene rings is 3. The van der Waals surface area contributed by atoms with Gasteiger partial charge >= 0.3 is 0 Å². The molecule has 1 aliphatic rings. The van der Waals surface area contributed by atoms with Crippen molar-refractivity contribution in [3.63, 3.8) is 0 Å². The zero-order chi connectivity index (χ0) is 17.2. The fourth-order valence-electron chi connectivity index (χ4n) is 3.37. The molecule has 0 saturated heterocycles. The lowest BCUT2D eigenvalue weighted by Gasteiger charge is -2.17. The second kappa shape index (κ2) is 6.39. The van der Waals surface area contributed by atoms with Gasteiger partial charge in [-0.25, -0.2) is 4.79 Å². The molecule has 25 heavy (non-hydrogen) atoms. The van der Waals surface area contributed by atoms with Crippen LogP contribution in [0.2, 0.25) is 0 Å². The molecular formula is C24H18O. The minimum Gasteiger partial charge on any atom is -0.233 e. The molecule has 4 rings (SSSR count). The Morgan fingerprint density at radius 1 is 0.960 bits per heavy atom. The Kier molecular flexibility index (Phi) is 3.93. The number of rotatable bonds is 2. The van der Waals surface area contributed by atoms with Gasteiger partial charge < -0.3 is 0 Å². The van der Waals surface area contributed by atoms with Gasteiger partial charge in [0.2, 0.25) is 0 Å². The summed E-state index contributed by atoms with van der Waals surface area (Å²) >= 11 is 0. The quantitative estimate of drug-likeness (QED) is 0.558. The Bertz CT molecular complexity index is 1080. The molecule has 3 aromatic rings. The summed E-state index contributed by atoms with van der Waals surface area (Å²) in [6.07, 6.45) is 5.02. The zero-order valence-corrected chi connectivity index (χ0v) is 14.1. The second-order valence-electron chi connectivity index (χ2n) is 6.45. The minimum atomic E-state index is 0.605. The van der Waals surface area contributed by atoms with E-state index in [0.717, 1.165) is 17.4 Å². The SMILES string of the molecule is CC1=Cc2ccccc2CC1=CC(=C=O)c1ccc2ccccc2c1. The Hall–Kier alpha value is -3.15. The van der Waals surface area contributed by atoms with Gasteiger partial charge in [-0.3, -0.25) is 0 Å². The topological polar surface area (TPSA) is 17.1 Å². The van der Waals surface area contributed by atoms with Crippen LogP contribution in [0.3, 0.4) is 0 Å². The molecule has 0 aromatic heterocycles. The molecule has 3 aromatic carbocycles. The minimum absolute atomic E-state index is 0.605. The highest BCUT2D eigenvalue weighted by Crippen LogP contribution is 2.30. The molecule has 0 amide bonds. The fourth-order valence-corrected chi connectivity index (χ4v) is 3.37. The van der Waals surface area contributed by atoms with Crippen LogP contribution in [0.1, 0.15) is 23.6 Å². The van der Waals surface area contributed by atoms with Gasteiger partial charge in [0.15, 0.2) is 0 Å². The van der Waals surface area contributed by atoms with Crippen LogP contribution < -0.4 is 0 Å². The van der Waals surface area contributed by atoms with E-state index in [9.17, 15) is 4.79 Å². The van der Waals surface area contributed by atoms with E-state index in [2.05, 4.69) is 67.5 Å². The van der Waals surface area contributed by atoms with Gasteiger partial charge in [0.1, 0.15) is 5.94 Å². The monoisotopic (exact) mass is 322 g/mol. The Morgan fingerprint density at radius 2 is 1.72 bits per heavy atom. The Balaban J connectivity index is 1.75. The summed E-state index contributed by atoms with van der Waals surface area (Å²) in [4.78, 5) is 11.6. The molecule has 120 valence electrons. The van der Waals surface area contributed by atoms with Gasteiger partial charge in [-0.15, -0.1) is 0 Å². The number of fused-ring (bicyclic) bond motifs is 2. The fraction of sp³-hybridized carbons (Fsp3) is 0.0833. The smallest absolute Gasteiger partial charge is 0.133 e. The first kappa shape index (κ1) is 15.4. The first-order valence-electron chi connectivity index (χ1n) is 8.46. The van der Waals surface area contributed by atoms with E-state index < -0.39 is 0 Å². The first-order chi connectivity index (χ1) is 12.2. The van der Waals surface area contributed by atoms with E-state index in [1.54, 1.807) is 0 Å². The summed E-state index contributed by atoms with van der Waals surface area (Å²) in [7, 11) is 0. The highest BCUT2D eigenvalue weighted by Gasteiger charge is 2.13. The van der Waals surface area contributed by atoms with Crippen molar-refractivity contribution in [2.24, 2.45) is 0 Å². The molecule has 0 bridgehead atoms. The lowest BCUT2D eigenvalue weighted by atomic mass is 9.87. The molecular weight excluding hydrogens is 304 g/mol. The molecule has 0 N–H and O–H groups in total. The lowest BCUT2D eigenvalue weighted by Crippen LogP contribution is -2.01. The van der Waals surface area contributed by atoms with Gasteiger partial charge in [-0.05, 0) is 64.1 Å². The van der Waals surface area contributed by atoms with E-state index in [1.807, 2.05) is 24.3 Å². The molecule has 1 nitrogen and oxygen atoms in total. The average molecular weight is 322 g/mol. The molecule has 0 radical (unpaired) electrons. The number of carbonyl (C=O) groups excluding carboxylic acids is 1. The molecule has 0 spiro atoms. The highest BCUT2D eigenvalue weighted by molar-refractivity contribution is 5.97. The van der Waals surface area contributed by atoms with Crippen molar-refractivity contribution in [3.8, 4) is 0 Å². The van der Waals surface area contributed by atoms with Crippen LogP contribution in [0, 0.1) is 0 Å². The summed E-state index contributed by atoms with van der Waals surface area (Å²) in [6, 6.07) is 22.7. The molecule has 1 heteroatoms. The van der Waals surface area contributed by atoms with Gasteiger partial charge in [0.05, 0.1) is 5.57 Å². The van der Waals surface area contributed by atoms with E-state index in [4.69, 9.17) is 0 Å². The maximum atomic E-state index is 11.6. The Labute approximate surface area is 147 Å². The second-order valence-corrected chi connectivity index (χ2v) is 6.45. The van der Waals surface area contributed by atoms with Crippen molar-refractivity contribution in [2.75, 3.05) is 0 Å².